The molecule has 0 atom stereocenters. The summed E-state index contributed by atoms with van der Waals surface area (Å²) in [5, 5.41) is 8.82. The molecule has 112 valence electrons. The minimum absolute atomic E-state index is 0.161. The molecule has 0 bridgehead atoms. The number of hydrogen-bond donors (Lipinski definition) is 0. The fourth-order valence-electron chi connectivity index (χ4n) is 2.63. The lowest BCUT2D eigenvalue weighted by Crippen LogP contribution is -2.03. The number of nitrogens with zero attached hydrogens (tertiary/aromatic N) is 2. The first-order chi connectivity index (χ1) is 10.7. The van der Waals surface area contributed by atoms with Gasteiger partial charge in [-0.3, -0.25) is 0 Å². The maximum atomic E-state index is 11.9. The zero-order chi connectivity index (χ0) is 15.3. The van der Waals surface area contributed by atoms with Crippen LogP contribution in [0.2, 0.25) is 5.02 Å². The number of hydrogen-bond acceptors (Lipinski definition) is 4. The zero-order valence-corrected chi connectivity index (χ0v) is 13.4. The molecule has 3 aromatic rings. The van der Waals surface area contributed by atoms with E-state index < -0.39 is 5.97 Å². The number of rotatable bonds is 3. The van der Waals surface area contributed by atoms with Crippen molar-refractivity contribution in [2.75, 3.05) is 7.11 Å². The molecule has 1 fully saturated rings. The number of pyridine rings is 1. The number of ether oxygens (including phenoxy) is 1. The van der Waals surface area contributed by atoms with E-state index in [2.05, 4.69) is 16.5 Å². The smallest absolute Gasteiger partial charge is 0.360 e. The number of methoxy groups -OCH3 is 1. The van der Waals surface area contributed by atoms with E-state index in [1.807, 2.05) is 17.5 Å². The third-order valence-electron chi connectivity index (χ3n) is 3.94. The molecule has 0 radical (unpaired) electrons. The monoisotopic (exact) mass is 332 g/mol. The van der Waals surface area contributed by atoms with Crippen LogP contribution in [0.15, 0.2) is 29.0 Å². The number of fused-ring (bicyclic) bond motifs is 1. The summed E-state index contributed by atoms with van der Waals surface area (Å²) in [5.74, 6) is 0.0767. The summed E-state index contributed by atoms with van der Waals surface area (Å²) in [5.41, 5.74) is 4.21. The van der Waals surface area contributed by atoms with Crippen LogP contribution < -0.4 is 0 Å². The molecule has 0 aliphatic heterocycles. The Morgan fingerprint density at radius 3 is 2.91 bits per heavy atom. The molecule has 4 rings (SSSR count). The number of carbonyl (C=O) groups is 1. The van der Waals surface area contributed by atoms with Crippen molar-refractivity contribution in [1.82, 2.24) is 9.61 Å². The van der Waals surface area contributed by atoms with E-state index in [4.69, 9.17) is 16.3 Å². The number of thiophene rings is 1. The van der Waals surface area contributed by atoms with Crippen molar-refractivity contribution in [2.24, 2.45) is 0 Å². The van der Waals surface area contributed by atoms with Crippen LogP contribution in [-0.2, 0) is 4.74 Å². The number of aromatic nitrogens is 2. The topological polar surface area (TPSA) is 43.6 Å². The van der Waals surface area contributed by atoms with Crippen LogP contribution in [0, 0.1) is 0 Å². The Labute approximate surface area is 136 Å². The molecule has 0 unspecified atom stereocenters. The standard InChI is InChI=1S/C16H13ClN2O2S/c1-21-16(20)15-14(17)13-7-11(9-2-3-9)6-12(19(13)18-15)10-4-5-22-8-10/h4-9H,2-3H2,1H3. The summed E-state index contributed by atoms with van der Waals surface area (Å²) in [4.78, 5) is 11.9. The first-order valence-corrected chi connectivity index (χ1v) is 8.34. The molecule has 1 aliphatic rings. The highest BCUT2D eigenvalue weighted by Gasteiger charge is 2.27. The SMILES string of the molecule is COC(=O)c1nn2c(-c3ccsc3)cc(C3CC3)cc2c1Cl. The molecule has 0 amide bonds. The second-order valence-corrected chi connectivity index (χ2v) is 6.57. The van der Waals surface area contributed by atoms with Crippen LogP contribution in [-0.4, -0.2) is 22.7 Å². The molecular weight excluding hydrogens is 320 g/mol. The fraction of sp³-hybridized carbons (Fsp3) is 0.250. The van der Waals surface area contributed by atoms with Crippen molar-refractivity contribution in [3.05, 3.63) is 45.2 Å². The maximum Gasteiger partial charge on any atom is 0.360 e. The average molecular weight is 333 g/mol. The highest BCUT2D eigenvalue weighted by atomic mass is 35.5. The minimum atomic E-state index is -0.516. The molecule has 3 aromatic heterocycles. The van der Waals surface area contributed by atoms with Crippen LogP contribution in [0.4, 0.5) is 0 Å². The van der Waals surface area contributed by atoms with E-state index in [0.717, 1.165) is 16.8 Å². The van der Waals surface area contributed by atoms with Gasteiger partial charge in [-0.1, -0.05) is 11.6 Å². The molecule has 6 heteroatoms. The van der Waals surface area contributed by atoms with E-state index in [9.17, 15) is 4.79 Å². The maximum absolute atomic E-state index is 11.9. The van der Waals surface area contributed by atoms with Gasteiger partial charge in [-0.25, -0.2) is 9.31 Å². The molecule has 0 N–H and O–H groups in total. The van der Waals surface area contributed by atoms with Gasteiger partial charge in [0.15, 0.2) is 5.69 Å². The largest absolute Gasteiger partial charge is 0.464 e. The summed E-state index contributed by atoms with van der Waals surface area (Å²) in [6.07, 6.45) is 2.41. The molecule has 0 spiro atoms. The van der Waals surface area contributed by atoms with E-state index in [0.29, 0.717) is 10.9 Å². The first-order valence-electron chi connectivity index (χ1n) is 7.02. The summed E-state index contributed by atoms with van der Waals surface area (Å²) in [7, 11) is 1.33. The van der Waals surface area contributed by atoms with Gasteiger partial charge >= 0.3 is 5.97 Å². The minimum Gasteiger partial charge on any atom is -0.464 e. The summed E-state index contributed by atoms with van der Waals surface area (Å²) in [6, 6.07) is 6.23. The molecule has 1 saturated carbocycles. The Hall–Kier alpha value is -1.85. The number of halogens is 1. The van der Waals surface area contributed by atoms with Crippen molar-refractivity contribution in [2.45, 2.75) is 18.8 Å². The molecule has 0 aromatic carbocycles. The van der Waals surface area contributed by atoms with Crippen molar-refractivity contribution >= 4 is 34.4 Å². The van der Waals surface area contributed by atoms with Gasteiger partial charge in [0, 0.05) is 10.9 Å². The van der Waals surface area contributed by atoms with Crippen molar-refractivity contribution in [3.63, 3.8) is 0 Å². The third-order valence-corrected chi connectivity index (χ3v) is 5.00. The van der Waals surface area contributed by atoms with E-state index in [-0.39, 0.29) is 5.69 Å². The van der Waals surface area contributed by atoms with Gasteiger partial charge < -0.3 is 4.74 Å². The van der Waals surface area contributed by atoms with E-state index in [1.165, 1.54) is 25.5 Å². The van der Waals surface area contributed by atoms with Gasteiger partial charge in [0.05, 0.1) is 18.3 Å². The lowest BCUT2D eigenvalue weighted by atomic mass is 10.1. The van der Waals surface area contributed by atoms with Crippen LogP contribution >= 0.6 is 22.9 Å². The summed E-state index contributed by atoms with van der Waals surface area (Å²) in [6.45, 7) is 0. The average Bonchev–Trinajstić information content (AvgIpc) is 3.14. The quantitative estimate of drug-likeness (QED) is 0.668. The summed E-state index contributed by atoms with van der Waals surface area (Å²) >= 11 is 8.01. The lowest BCUT2D eigenvalue weighted by molar-refractivity contribution is 0.0594. The highest BCUT2D eigenvalue weighted by molar-refractivity contribution is 7.08. The van der Waals surface area contributed by atoms with Gasteiger partial charge in [0.25, 0.3) is 0 Å². The second-order valence-electron chi connectivity index (χ2n) is 5.41. The predicted molar refractivity (Wildman–Crippen MR) is 86.8 cm³/mol. The van der Waals surface area contributed by atoms with E-state index >= 15 is 0 Å². The van der Waals surface area contributed by atoms with Crippen molar-refractivity contribution < 1.29 is 9.53 Å². The van der Waals surface area contributed by atoms with Crippen molar-refractivity contribution in [3.8, 4) is 11.3 Å². The Morgan fingerprint density at radius 1 is 1.45 bits per heavy atom. The van der Waals surface area contributed by atoms with Gasteiger partial charge in [0.1, 0.15) is 5.02 Å². The molecule has 0 saturated heterocycles. The van der Waals surface area contributed by atoms with Gasteiger partial charge in [0.2, 0.25) is 0 Å². The van der Waals surface area contributed by atoms with Crippen LogP contribution in [0.3, 0.4) is 0 Å². The second kappa shape index (κ2) is 5.11. The van der Waals surface area contributed by atoms with Gasteiger partial charge in [-0.05, 0) is 47.9 Å². The normalized spacial score (nSPS) is 14.5. The Kier molecular flexibility index (Phi) is 3.20. The lowest BCUT2D eigenvalue weighted by Gasteiger charge is -2.07. The van der Waals surface area contributed by atoms with Crippen LogP contribution in [0.25, 0.3) is 16.8 Å². The Balaban J connectivity index is 2.01. The van der Waals surface area contributed by atoms with Crippen molar-refractivity contribution in [1.29, 1.82) is 0 Å². The van der Waals surface area contributed by atoms with Crippen LogP contribution in [0.5, 0.6) is 0 Å². The zero-order valence-electron chi connectivity index (χ0n) is 11.9. The molecular formula is C16H13ClN2O2S. The Bertz CT molecular complexity index is 866. The fourth-order valence-corrected chi connectivity index (χ4v) is 3.53. The van der Waals surface area contributed by atoms with E-state index in [1.54, 1.807) is 15.9 Å². The van der Waals surface area contributed by atoms with Gasteiger partial charge in [-0.15, -0.1) is 0 Å². The molecule has 22 heavy (non-hydrogen) atoms. The molecule has 4 nitrogen and oxygen atoms in total. The third kappa shape index (κ3) is 2.12. The molecule has 1 aliphatic carbocycles. The Morgan fingerprint density at radius 2 is 2.27 bits per heavy atom. The van der Waals surface area contributed by atoms with Crippen LogP contribution in [0.1, 0.15) is 34.8 Å². The highest BCUT2D eigenvalue weighted by Crippen LogP contribution is 2.42. The predicted octanol–water partition coefficient (Wildman–Crippen LogP) is 4.38. The first kappa shape index (κ1) is 13.8. The number of carbonyl (C=O) groups excluding carboxylic acids is 1. The number of esters is 1. The van der Waals surface area contributed by atoms with Gasteiger partial charge in [-0.2, -0.15) is 16.4 Å². The summed E-state index contributed by atoms with van der Waals surface area (Å²) < 4.78 is 6.51. The molecule has 3 heterocycles.